The molecule has 0 heterocycles. The molecule has 20 heavy (non-hydrogen) atoms. The second-order valence-electron chi connectivity index (χ2n) is 5.81. The van der Waals surface area contributed by atoms with Crippen LogP contribution in [0, 0.1) is 12.8 Å². The van der Waals surface area contributed by atoms with Gasteiger partial charge in [-0.05, 0) is 56.7 Å². The maximum atomic E-state index is 12.4. The topological polar surface area (TPSA) is 38.3 Å². The Morgan fingerprint density at radius 3 is 2.85 bits per heavy atom. The van der Waals surface area contributed by atoms with E-state index in [1.165, 1.54) is 5.56 Å². The Morgan fingerprint density at radius 1 is 1.45 bits per heavy atom. The fraction of sp³-hybridized carbons (Fsp3) is 0.588. The first kappa shape index (κ1) is 14.9. The van der Waals surface area contributed by atoms with Gasteiger partial charge in [0.1, 0.15) is 5.54 Å². The summed E-state index contributed by atoms with van der Waals surface area (Å²) < 4.78 is 5.32. The van der Waals surface area contributed by atoms with Gasteiger partial charge in [-0.1, -0.05) is 25.5 Å². The molecule has 1 fully saturated rings. The van der Waals surface area contributed by atoms with E-state index in [-0.39, 0.29) is 5.97 Å². The SMILES string of the molecule is CCOC(=O)C1(Nc2cccc(C)c2)CCC(CC)C1. The second-order valence-corrected chi connectivity index (χ2v) is 5.81. The Kier molecular flexibility index (Phi) is 4.69. The maximum Gasteiger partial charge on any atom is 0.331 e. The Hall–Kier alpha value is -1.51. The van der Waals surface area contributed by atoms with Gasteiger partial charge in [0, 0.05) is 5.69 Å². The van der Waals surface area contributed by atoms with Crippen molar-refractivity contribution in [1.29, 1.82) is 0 Å². The molecular formula is C17H25NO2. The molecule has 3 heteroatoms. The Morgan fingerprint density at radius 2 is 2.25 bits per heavy atom. The van der Waals surface area contributed by atoms with Crippen molar-refractivity contribution in [1.82, 2.24) is 0 Å². The van der Waals surface area contributed by atoms with E-state index in [0.717, 1.165) is 31.4 Å². The van der Waals surface area contributed by atoms with Crippen LogP contribution in [-0.2, 0) is 9.53 Å². The molecule has 2 rings (SSSR count). The number of hydrogen-bond donors (Lipinski definition) is 1. The summed E-state index contributed by atoms with van der Waals surface area (Å²) in [5.74, 6) is 0.508. The van der Waals surface area contributed by atoms with Crippen molar-refractivity contribution in [2.45, 2.75) is 52.0 Å². The van der Waals surface area contributed by atoms with Crippen LogP contribution in [0.25, 0.3) is 0 Å². The van der Waals surface area contributed by atoms with Gasteiger partial charge in [-0.25, -0.2) is 4.79 Å². The van der Waals surface area contributed by atoms with E-state index >= 15 is 0 Å². The second kappa shape index (κ2) is 6.29. The Balaban J connectivity index is 2.21. The molecule has 2 unspecified atom stereocenters. The van der Waals surface area contributed by atoms with Crippen LogP contribution in [0.5, 0.6) is 0 Å². The third-order valence-corrected chi connectivity index (χ3v) is 4.26. The molecule has 1 aromatic rings. The van der Waals surface area contributed by atoms with Crippen LogP contribution in [0.1, 0.15) is 45.1 Å². The van der Waals surface area contributed by atoms with Crippen LogP contribution < -0.4 is 5.32 Å². The van der Waals surface area contributed by atoms with Crippen LogP contribution in [0.4, 0.5) is 5.69 Å². The third kappa shape index (κ3) is 3.14. The molecule has 110 valence electrons. The highest BCUT2D eigenvalue weighted by molar-refractivity contribution is 5.85. The molecule has 0 radical (unpaired) electrons. The summed E-state index contributed by atoms with van der Waals surface area (Å²) in [6.45, 7) is 6.56. The highest BCUT2D eigenvalue weighted by Crippen LogP contribution is 2.39. The average molecular weight is 275 g/mol. The van der Waals surface area contributed by atoms with Crippen LogP contribution in [0.2, 0.25) is 0 Å². The third-order valence-electron chi connectivity index (χ3n) is 4.26. The zero-order valence-electron chi connectivity index (χ0n) is 12.7. The summed E-state index contributed by atoms with van der Waals surface area (Å²) in [6, 6.07) is 8.18. The summed E-state index contributed by atoms with van der Waals surface area (Å²) in [4.78, 5) is 12.4. The number of ether oxygens (including phenoxy) is 1. The largest absolute Gasteiger partial charge is 0.464 e. The number of esters is 1. The van der Waals surface area contributed by atoms with Gasteiger partial charge in [0.2, 0.25) is 0 Å². The van der Waals surface area contributed by atoms with Gasteiger partial charge in [-0.15, -0.1) is 0 Å². The van der Waals surface area contributed by atoms with E-state index < -0.39 is 5.54 Å². The first-order valence-corrected chi connectivity index (χ1v) is 7.61. The highest BCUT2D eigenvalue weighted by atomic mass is 16.5. The molecule has 1 N–H and O–H groups in total. The predicted molar refractivity (Wildman–Crippen MR) is 81.8 cm³/mol. The summed E-state index contributed by atoms with van der Waals surface area (Å²) in [7, 11) is 0. The lowest BCUT2D eigenvalue weighted by Crippen LogP contribution is -2.45. The molecular weight excluding hydrogens is 250 g/mol. The van der Waals surface area contributed by atoms with Gasteiger partial charge >= 0.3 is 5.97 Å². The fourth-order valence-corrected chi connectivity index (χ4v) is 3.11. The molecule has 0 bridgehead atoms. The summed E-state index contributed by atoms with van der Waals surface area (Å²) in [5, 5.41) is 3.47. The molecule has 2 atom stereocenters. The van der Waals surface area contributed by atoms with E-state index in [1.54, 1.807) is 0 Å². The summed E-state index contributed by atoms with van der Waals surface area (Å²) >= 11 is 0. The van der Waals surface area contributed by atoms with Crippen molar-refractivity contribution in [3.63, 3.8) is 0 Å². The van der Waals surface area contributed by atoms with Crippen molar-refractivity contribution in [3.05, 3.63) is 29.8 Å². The maximum absolute atomic E-state index is 12.4. The van der Waals surface area contributed by atoms with E-state index in [0.29, 0.717) is 12.5 Å². The van der Waals surface area contributed by atoms with Gasteiger partial charge < -0.3 is 10.1 Å². The first-order valence-electron chi connectivity index (χ1n) is 7.61. The van der Waals surface area contributed by atoms with Crippen LogP contribution >= 0.6 is 0 Å². The van der Waals surface area contributed by atoms with Crippen molar-refractivity contribution in [2.24, 2.45) is 5.92 Å². The normalized spacial score (nSPS) is 25.4. The standard InChI is InChI=1S/C17H25NO2/c1-4-14-9-10-17(12-14,16(19)20-5-2)18-15-8-6-7-13(3)11-15/h6-8,11,14,18H,4-5,9-10,12H2,1-3H3. The minimum Gasteiger partial charge on any atom is -0.464 e. The molecule has 0 spiro atoms. The minimum absolute atomic E-state index is 0.0996. The quantitative estimate of drug-likeness (QED) is 0.828. The molecule has 0 amide bonds. The predicted octanol–water partition coefficient (Wildman–Crippen LogP) is 3.92. The first-order chi connectivity index (χ1) is 9.59. The van der Waals surface area contributed by atoms with E-state index in [1.807, 2.05) is 19.1 Å². The van der Waals surface area contributed by atoms with E-state index in [2.05, 4.69) is 31.3 Å². The number of benzene rings is 1. The van der Waals surface area contributed by atoms with Crippen molar-refractivity contribution in [2.75, 3.05) is 11.9 Å². The molecule has 1 aromatic carbocycles. The van der Waals surface area contributed by atoms with Gasteiger partial charge in [-0.2, -0.15) is 0 Å². The smallest absolute Gasteiger partial charge is 0.331 e. The summed E-state index contributed by atoms with van der Waals surface area (Å²) in [5.41, 5.74) is 1.67. The lowest BCUT2D eigenvalue weighted by Gasteiger charge is -2.29. The molecule has 1 aliphatic carbocycles. The number of anilines is 1. The van der Waals surface area contributed by atoms with Gasteiger partial charge in [0.15, 0.2) is 0 Å². The number of nitrogens with one attached hydrogen (secondary N) is 1. The molecule has 1 saturated carbocycles. The van der Waals surface area contributed by atoms with Gasteiger partial charge in [0.05, 0.1) is 6.61 Å². The number of aryl methyl sites for hydroxylation is 1. The minimum atomic E-state index is -0.537. The molecule has 0 saturated heterocycles. The zero-order chi connectivity index (χ0) is 14.6. The van der Waals surface area contributed by atoms with Crippen molar-refractivity contribution >= 4 is 11.7 Å². The monoisotopic (exact) mass is 275 g/mol. The molecule has 0 aliphatic heterocycles. The molecule has 3 nitrogen and oxygen atoms in total. The number of carbonyl (C=O) groups excluding carboxylic acids is 1. The highest BCUT2D eigenvalue weighted by Gasteiger charge is 2.46. The lowest BCUT2D eigenvalue weighted by atomic mass is 9.94. The van der Waals surface area contributed by atoms with Gasteiger partial charge in [-0.3, -0.25) is 0 Å². The van der Waals surface area contributed by atoms with Gasteiger partial charge in [0.25, 0.3) is 0 Å². The van der Waals surface area contributed by atoms with E-state index in [4.69, 9.17) is 4.74 Å². The van der Waals surface area contributed by atoms with Crippen molar-refractivity contribution in [3.8, 4) is 0 Å². The Labute approximate surface area is 121 Å². The van der Waals surface area contributed by atoms with Crippen LogP contribution in [0.15, 0.2) is 24.3 Å². The number of rotatable bonds is 5. The van der Waals surface area contributed by atoms with Crippen LogP contribution in [-0.4, -0.2) is 18.1 Å². The van der Waals surface area contributed by atoms with E-state index in [9.17, 15) is 4.79 Å². The number of hydrogen-bond acceptors (Lipinski definition) is 3. The van der Waals surface area contributed by atoms with Crippen molar-refractivity contribution < 1.29 is 9.53 Å². The average Bonchev–Trinajstić information content (AvgIpc) is 2.84. The summed E-state index contributed by atoms with van der Waals surface area (Å²) in [6.07, 6.45) is 3.94. The molecule has 1 aliphatic rings. The zero-order valence-corrected chi connectivity index (χ0v) is 12.7. The number of carbonyl (C=O) groups is 1. The fourth-order valence-electron chi connectivity index (χ4n) is 3.11. The molecule has 0 aromatic heterocycles. The van der Waals surface area contributed by atoms with Crippen LogP contribution in [0.3, 0.4) is 0 Å². The Bertz CT molecular complexity index is 472. The lowest BCUT2D eigenvalue weighted by molar-refractivity contribution is -0.148.